The van der Waals surface area contributed by atoms with Crippen molar-refractivity contribution in [2.24, 2.45) is 0 Å². The van der Waals surface area contributed by atoms with E-state index < -0.39 is 0 Å². The first-order valence-electron chi connectivity index (χ1n) is 30.7. The quantitative estimate of drug-likeness (QED) is 0.146. The van der Waals surface area contributed by atoms with Gasteiger partial charge >= 0.3 is 7.69 Å². The number of aromatic nitrogens is 2. The SMILES string of the molecule is Brc1cc(-c2ccccc2)cc(-c2ccc(-n3c4ccccc4c4ccccc43)cc2)c1.O[B]Oc1ccc2oc3ccccc3c2c1.c1ccc(-c2cc(-c3ccc(-n4c5ccccc5c5ccccc54)cc3)cc(-c3ccc4oc5ccccc5c4c3)c2)cc1. The minimum absolute atomic E-state index is 0.585. The molecule has 18 rings (SSSR count). The number of furan rings is 2. The molecule has 435 valence electrons. The topological polar surface area (TPSA) is 65.6 Å². The summed E-state index contributed by atoms with van der Waals surface area (Å²) in [5.41, 5.74) is 22.7. The Bertz CT molecular complexity index is 5630. The van der Waals surface area contributed by atoms with Gasteiger partial charge in [0.05, 0.1) is 22.1 Å². The number of hydrogen-bond donors (Lipinski definition) is 1. The Morgan fingerprint density at radius 1 is 0.261 bits per heavy atom. The number of para-hydroxylation sites is 6. The Hall–Kier alpha value is -11.4. The number of benzene rings is 14. The first-order chi connectivity index (χ1) is 45.5. The van der Waals surface area contributed by atoms with Gasteiger partial charge < -0.3 is 27.6 Å². The molecule has 6 nitrogen and oxygen atoms in total. The number of nitrogens with zero attached hydrogens (tertiary/aromatic N) is 2. The molecule has 0 aliphatic carbocycles. The second-order valence-corrected chi connectivity index (χ2v) is 23.8. The number of fused-ring (bicyclic) bond motifs is 12. The maximum absolute atomic E-state index is 8.58. The minimum Gasteiger partial charge on any atom is -0.537 e. The van der Waals surface area contributed by atoms with Gasteiger partial charge in [-0.15, -0.1) is 0 Å². The molecule has 0 aliphatic rings. The monoisotopic (exact) mass is 1250 g/mol. The third-order valence-electron chi connectivity index (χ3n) is 17.4. The second-order valence-electron chi connectivity index (χ2n) is 22.9. The van der Waals surface area contributed by atoms with E-state index in [1.165, 1.54) is 105 Å². The van der Waals surface area contributed by atoms with Crippen molar-refractivity contribution in [2.75, 3.05) is 0 Å². The normalized spacial score (nSPS) is 11.4. The van der Waals surface area contributed by atoms with Crippen LogP contribution in [0.25, 0.3) is 154 Å². The zero-order valence-corrected chi connectivity index (χ0v) is 51.3. The van der Waals surface area contributed by atoms with Gasteiger partial charge in [-0.1, -0.05) is 216 Å². The predicted octanol–water partition coefficient (Wildman–Crippen LogP) is 23.1. The third-order valence-corrected chi connectivity index (χ3v) is 17.8. The molecule has 1 N–H and O–H groups in total. The fraction of sp³-hybridized carbons (Fsp3) is 0. The lowest BCUT2D eigenvalue weighted by Gasteiger charge is -2.13. The van der Waals surface area contributed by atoms with Crippen LogP contribution in [0.15, 0.2) is 341 Å². The van der Waals surface area contributed by atoms with Crippen molar-refractivity contribution in [1.82, 2.24) is 9.13 Å². The molecule has 8 heteroatoms. The van der Waals surface area contributed by atoms with Crippen LogP contribution in [0.2, 0.25) is 0 Å². The molecule has 0 saturated carbocycles. The molecule has 92 heavy (non-hydrogen) atoms. The van der Waals surface area contributed by atoms with Gasteiger partial charge in [0.1, 0.15) is 28.1 Å². The maximum Gasteiger partial charge on any atom is 0.569 e. The molecule has 14 aromatic carbocycles. The van der Waals surface area contributed by atoms with E-state index in [1.807, 2.05) is 48.5 Å². The van der Waals surface area contributed by atoms with Gasteiger partial charge in [0.2, 0.25) is 0 Å². The average molecular weight is 1250 g/mol. The lowest BCUT2D eigenvalue weighted by Crippen LogP contribution is -1.98. The van der Waals surface area contributed by atoms with E-state index in [4.69, 9.17) is 18.5 Å². The van der Waals surface area contributed by atoms with Crippen LogP contribution >= 0.6 is 15.9 Å². The summed E-state index contributed by atoms with van der Waals surface area (Å²) < 4.78 is 22.5. The van der Waals surface area contributed by atoms with Crippen LogP contribution in [0, 0.1) is 0 Å². The van der Waals surface area contributed by atoms with Gasteiger partial charge in [0.25, 0.3) is 0 Å². The van der Waals surface area contributed by atoms with Crippen LogP contribution in [0.4, 0.5) is 0 Å². The average Bonchev–Trinajstić information content (AvgIpc) is 1.66. The van der Waals surface area contributed by atoms with Crippen LogP contribution in [-0.4, -0.2) is 21.8 Å². The third kappa shape index (κ3) is 10.6. The molecule has 0 spiro atoms. The van der Waals surface area contributed by atoms with Crippen molar-refractivity contribution in [3.05, 3.63) is 332 Å². The van der Waals surface area contributed by atoms with Gasteiger partial charge in [-0.3, -0.25) is 0 Å². The Labute approximate surface area is 540 Å². The number of rotatable bonds is 9. The van der Waals surface area contributed by atoms with Crippen molar-refractivity contribution < 1.29 is 18.5 Å². The standard InChI is InChI=1S/C42H27NO.C30H20BrN.C12H8BO3/c1-2-10-28(11-3-1)31-24-32(26-33(25-31)30-20-23-42-38(27-30)37-14-6-9-17-41(37)44-42)29-18-21-34(22-19-29)43-39-15-7-4-12-35(39)36-13-5-8-16-40(36)43;31-25-19-23(21-8-2-1-3-9-21)18-24(20-25)22-14-16-26(17-15-22)32-29-12-6-4-10-27(29)28-11-5-7-13-30(28)32;14-13-16-8-5-6-12-10(7-8)9-3-1-2-4-11(9)15-12/h1-27H;1-20H;1-7,14H. The summed E-state index contributed by atoms with van der Waals surface area (Å²) >= 11 is 3.70. The molecule has 0 atom stereocenters. The summed E-state index contributed by atoms with van der Waals surface area (Å²) in [7, 11) is 0.670. The largest absolute Gasteiger partial charge is 0.569 e. The smallest absolute Gasteiger partial charge is 0.537 e. The molecule has 0 fully saturated rings. The van der Waals surface area contributed by atoms with Crippen molar-refractivity contribution in [3.8, 4) is 72.8 Å². The zero-order chi connectivity index (χ0) is 61.5. The molecule has 1 radical (unpaired) electrons. The summed E-state index contributed by atoms with van der Waals surface area (Å²) in [5, 5.41) is 18.0. The highest BCUT2D eigenvalue weighted by Gasteiger charge is 2.17. The predicted molar refractivity (Wildman–Crippen MR) is 386 cm³/mol. The molecule has 0 unspecified atom stereocenters. The Kier molecular flexibility index (Phi) is 14.7. The second kappa shape index (κ2) is 24.2. The highest BCUT2D eigenvalue weighted by atomic mass is 79.9. The van der Waals surface area contributed by atoms with Crippen molar-refractivity contribution in [1.29, 1.82) is 0 Å². The summed E-state index contributed by atoms with van der Waals surface area (Å²) in [6.07, 6.45) is 0. The lowest BCUT2D eigenvalue weighted by molar-refractivity contribution is 0.454. The molecular formula is C84H55BBrN2O4. The van der Waals surface area contributed by atoms with E-state index >= 15 is 0 Å². The first-order valence-corrected chi connectivity index (χ1v) is 31.5. The van der Waals surface area contributed by atoms with E-state index in [0.29, 0.717) is 13.4 Å². The number of hydrogen-bond acceptors (Lipinski definition) is 4. The van der Waals surface area contributed by atoms with Crippen molar-refractivity contribution >= 4 is 111 Å². The molecule has 0 amide bonds. The Morgan fingerprint density at radius 3 is 1.00 bits per heavy atom. The maximum atomic E-state index is 8.58. The summed E-state index contributed by atoms with van der Waals surface area (Å²) in [4.78, 5) is 0. The highest BCUT2D eigenvalue weighted by molar-refractivity contribution is 9.10. The lowest BCUT2D eigenvalue weighted by atomic mass is 9.93. The zero-order valence-electron chi connectivity index (χ0n) is 49.7. The molecule has 18 aromatic rings. The van der Waals surface area contributed by atoms with E-state index in [-0.39, 0.29) is 0 Å². The van der Waals surface area contributed by atoms with Gasteiger partial charge in [-0.25, -0.2) is 0 Å². The van der Waals surface area contributed by atoms with Crippen LogP contribution in [0.5, 0.6) is 5.75 Å². The Balaban J connectivity index is 0.000000122. The summed E-state index contributed by atoms with van der Waals surface area (Å²) in [6, 6.07) is 115. The first kappa shape index (κ1) is 55.9. The van der Waals surface area contributed by atoms with E-state index in [9.17, 15) is 0 Å². The van der Waals surface area contributed by atoms with Crippen LogP contribution < -0.4 is 4.65 Å². The fourth-order valence-electron chi connectivity index (χ4n) is 13.1. The highest BCUT2D eigenvalue weighted by Crippen LogP contribution is 2.40. The van der Waals surface area contributed by atoms with Crippen LogP contribution in [0.3, 0.4) is 0 Å². The van der Waals surface area contributed by atoms with E-state index in [0.717, 1.165) is 54.0 Å². The molecule has 0 saturated heterocycles. The minimum atomic E-state index is 0.585. The van der Waals surface area contributed by atoms with Gasteiger partial charge in [0, 0.05) is 58.9 Å². The van der Waals surface area contributed by atoms with Crippen LogP contribution in [0.1, 0.15) is 0 Å². The molecule has 0 aliphatic heterocycles. The molecular weight excluding hydrogens is 1190 g/mol. The molecule has 4 aromatic heterocycles. The molecule has 4 heterocycles. The molecule has 0 bridgehead atoms. The van der Waals surface area contributed by atoms with Crippen LogP contribution in [-0.2, 0) is 0 Å². The van der Waals surface area contributed by atoms with Gasteiger partial charge in [-0.05, 0) is 183 Å². The summed E-state index contributed by atoms with van der Waals surface area (Å²) in [6.45, 7) is 0. The Morgan fingerprint density at radius 2 is 0.576 bits per heavy atom. The number of halogens is 1. The van der Waals surface area contributed by atoms with E-state index in [2.05, 4.69) is 298 Å². The van der Waals surface area contributed by atoms with Crippen molar-refractivity contribution in [2.45, 2.75) is 0 Å². The fourth-order valence-corrected chi connectivity index (χ4v) is 13.6. The van der Waals surface area contributed by atoms with E-state index in [1.54, 1.807) is 6.07 Å². The van der Waals surface area contributed by atoms with Crippen molar-refractivity contribution in [3.63, 3.8) is 0 Å². The van der Waals surface area contributed by atoms with Gasteiger partial charge in [-0.2, -0.15) is 0 Å². The van der Waals surface area contributed by atoms with Gasteiger partial charge in [0.15, 0.2) is 0 Å². The summed E-state index contributed by atoms with van der Waals surface area (Å²) in [5.74, 6) is 0.585.